The largest absolute Gasteiger partial charge is 0.496 e. The Morgan fingerprint density at radius 1 is 1.16 bits per heavy atom. The minimum atomic E-state index is -0.254. The lowest BCUT2D eigenvalue weighted by Gasteiger charge is -2.14. The number of hydrogen-bond donors (Lipinski definition) is 1. The molecule has 0 spiro atoms. The van der Waals surface area contributed by atoms with Crippen LogP contribution in [-0.2, 0) is 6.42 Å². The molecule has 2 N–H and O–H groups in total. The molecule has 0 fully saturated rings. The number of unbranched alkanes of at least 4 members (excludes halogenated alkanes) is 1. The first-order valence-corrected chi connectivity index (χ1v) is 7.39. The third-order valence-corrected chi connectivity index (χ3v) is 3.89. The number of alkyl halides is 1. The molecule has 0 saturated carbocycles. The fourth-order valence-electron chi connectivity index (χ4n) is 1.78. The van der Waals surface area contributed by atoms with E-state index in [0.717, 1.165) is 40.6 Å². The summed E-state index contributed by atoms with van der Waals surface area (Å²) in [7, 11) is 3.30. The van der Waals surface area contributed by atoms with Crippen molar-refractivity contribution in [2.45, 2.75) is 24.2 Å². The fraction of sp³-hybridized carbons (Fsp3) is 0.571. The van der Waals surface area contributed by atoms with E-state index < -0.39 is 0 Å². The van der Waals surface area contributed by atoms with E-state index in [-0.39, 0.29) is 6.67 Å². The predicted octanol–water partition coefficient (Wildman–Crippen LogP) is 3.05. The van der Waals surface area contributed by atoms with Crippen LogP contribution < -0.4 is 15.2 Å². The van der Waals surface area contributed by atoms with Crippen LogP contribution in [0.3, 0.4) is 0 Å². The van der Waals surface area contributed by atoms with Crippen molar-refractivity contribution in [2.24, 2.45) is 5.73 Å². The summed E-state index contributed by atoms with van der Waals surface area (Å²) in [5.74, 6) is 2.54. The van der Waals surface area contributed by atoms with Gasteiger partial charge in [-0.15, -0.1) is 11.8 Å². The van der Waals surface area contributed by atoms with Gasteiger partial charge >= 0.3 is 0 Å². The maximum Gasteiger partial charge on any atom is 0.132 e. The lowest BCUT2D eigenvalue weighted by atomic mass is 10.1. The standard InChI is InChI=1S/C14H22FNO2S/c1-17-12-10-14(19-8-4-3-6-15)13(18-2)9-11(12)5-7-16/h9-10H,3-8,16H2,1-2H3. The Balaban J connectivity index is 2.83. The molecule has 1 aromatic carbocycles. The normalized spacial score (nSPS) is 10.5. The SMILES string of the molecule is COc1cc(SCCCCF)c(OC)cc1CCN. The fourth-order valence-corrected chi connectivity index (χ4v) is 2.82. The van der Waals surface area contributed by atoms with E-state index in [9.17, 15) is 4.39 Å². The van der Waals surface area contributed by atoms with Crippen LogP contribution in [0.2, 0.25) is 0 Å². The second kappa shape index (κ2) is 9.04. The van der Waals surface area contributed by atoms with Crippen molar-refractivity contribution in [3.8, 4) is 11.5 Å². The summed E-state index contributed by atoms with van der Waals surface area (Å²) in [4.78, 5) is 1.03. The molecule has 0 aromatic heterocycles. The highest BCUT2D eigenvalue weighted by Crippen LogP contribution is 2.36. The monoisotopic (exact) mass is 287 g/mol. The zero-order chi connectivity index (χ0) is 14.1. The van der Waals surface area contributed by atoms with Crippen molar-refractivity contribution in [3.05, 3.63) is 17.7 Å². The Labute approximate surface area is 118 Å². The highest BCUT2D eigenvalue weighted by molar-refractivity contribution is 7.99. The van der Waals surface area contributed by atoms with Gasteiger partial charge in [0.15, 0.2) is 0 Å². The summed E-state index contributed by atoms with van der Waals surface area (Å²) < 4.78 is 22.8. The molecule has 0 amide bonds. The molecule has 0 bridgehead atoms. The number of hydrogen-bond acceptors (Lipinski definition) is 4. The quantitative estimate of drug-likeness (QED) is 0.560. The number of thioether (sulfide) groups is 1. The molecule has 0 aliphatic heterocycles. The van der Waals surface area contributed by atoms with Crippen LogP contribution in [0.1, 0.15) is 18.4 Å². The van der Waals surface area contributed by atoms with E-state index >= 15 is 0 Å². The number of ether oxygens (including phenoxy) is 2. The van der Waals surface area contributed by atoms with Crippen LogP contribution in [0.25, 0.3) is 0 Å². The lowest BCUT2D eigenvalue weighted by molar-refractivity contribution is 0.390. The first-order valence-electron chi connectivity index (χ1n) is 6.40. The maximum atomic E-state index is 12.1. The highest BCUT2D eigenvalue weighted by Gasteiger charge is 2.11. The van der Waals surface area contributed by atoms with Crippen molar-refractivity contribution in [3.63, 3.8) is 0 Å². The van der Waals surface area contributed by atoms with Gasteiger partial charge < -0.3 is 15.2 Å². The van der Waals surface area contributed by atoms with E-state index in [4.69, 9.17) is 15.2 Å². The molecule has 0 heterocycles. The van der Waals surface area contributed by atoms with Gasteiger partial charge in [0.1, 0.15) is 11.5 Å². The van der Waals surface area contributed by atoms with Crippen LogP contribution in [0, 0.1) is 0 Å². The molecule has 1 aromatic rings. The van der Waals surface area contributed by atoms with Gasteiger partial charge in [-0.2, -0.15) is 0 Å². The third kappa shape index (κ3) is 4.91. The van der Waals surface area contributed by atoms with E-state index in [2.05, 4.69) is 0 Å². The van der Waals surface area contributed by atoms with Gasteiger partial charge in [-0.25, -0.2) is 0 Å². The van der Waals surface area contributed by atoms with Crippen molar-refractivity contribution in [1.82, 2.24) is 0 Å². The Bertz CT molecular complexity index is 388. The maximum absolute atomic E-state index is 12.1. The van der Waals surface area contributed by atoms with Crippen LogP contribution in [-0.4, -0.2) is 33.2 Å². The molecule has 19 heavy (non-hydrogen) atoms. The zero-order valence-electron chi connectivity index (χ0n) is 11.6. The molecule has 5 heteroatoms. The van der Waals surface area contributed by atoms with Crippen molar-refractivity contribution < 1.29 is 13.9 Å². The second-order valence-electron chi connectivity index (χ2n) is 4.10. The van der Waals surface area contributed by atoms with E-state index in [1.807, 2.05) is 12.1 Å². The van der Waals surface area contributed by atoms with Gasteiger partial charge in [0.2, 0.25) is 0 Å². The summed E-state index contributed by atoms with van der Waals surface area (Å²) in [5.41, 5.74) is 6.64. The Kier molecular flexibility index (Phi) is 7.67. The molecule has 0 unspecified atom stereocenters. The summed E-state index contributed by atoms with van der Waals surface area (Å²) in [6.07, 6.45) is 2.22. The number of benzene rings is 1. The zero-order valence-corrected chi connectivity index (χ0v) is 12.4. The van der Waals surface area contributed by atoms with Crippen LogP contribution in [0.15, 0.2) is 17.0 Å². The molecule has 3 nitrogen and oxygen atoms in total. The number of methoxy groups -OCH3 is 2. The summed E-state index contributed by atoms with van der Waals surface area (Å²) in [6, 6.07) is 3.95. The second-order valence-corrected chi connectivity index (χ2v) is 5.23. The first kappa shape index (κ1) is 16.1. The Morgan fingerprint density at radius 3 is 2.47 bits per heavy atom. The smallest absolute Gasteiger partial charge is 0.132 e. The van der Waals surface area contributed by atoms with Gasteiger partial charge in [-0.1, -0.05) is 0 Å². The molecular formula is C14H22FNO2S. The molecule has 0 radical (unpaired) electrons. The average Bonchev–Trinajstić information content (AvgIpc) is 2.44. The molecule has 108 valence electrons. The summed E-state index contributed by atoms with van der Waals surface area (Å²) >= 11 is 1.66. The number of halogens is 1. The van der Waals surface area contributed by atoms with Crippen molar-refractivity contribution in [2.75, 3.05) is 33.2 Å². The number of nitrogens with two attached hydrogens (primary N) is 1. The average molecular weight is 287 g/mol. The first-order chi connectivity index (χ1) is 9.26. The van der Waals surface area contributed by atoms with E-state index in [0.29, 0.717) is 13.0 Å². The van der Waals surface area contributed by atoms with E-state index in [1.165, 1.54) is 0 Å². The Morgan fingerprint density at radius 2 is 1.89 bits per heavy atom. The minimum absolute atomic E-state index is 0.254. The number of rotatable bonds is 9. The van der Waals surface area contributed by atoms with Gasteiger partial charge in [0.05, 0.1) is 25.8 Å². The van der Waals surface area contributed by atoms with Crippen molar-refractivity contribution in [1.29, 1.82) is 0 Å². The van der Waals surface area contributed by atoms with Gasteiger partial charge in [-0.05, 0) is 49.3 Å². The molecule has 0 aliphatic rings. The van der Waals surface area contributed by atoms with Crippen LogP contribution >= 0.6 is 11.8 Å². The van der Waals surface area contributed by atoms with Gasteiger partial charge in [0, 0.05) is 0 Å². The van der Waals surface area contributed by atoms with Crippen LogP contribution in [0.5, 0.6) is 11.5 Å². The van der Waals surface area contributed by atoms with Crippen LogP contribution in [0.4, 0.5) is 4.39 Å². The summed E-state index contributed by atoms with van der Waals surface area (Å²) in [5, 5.41) is 0. The van der Waals surface area contributed by atoms with Gasteiger partial charge in [0.25, 0.3) is 0 Å². The Hall–Kier alpha value is -0.940. The topological polar surface area (TPSA) is 44.5 Å². The molecular weight excluding hydrogens is 265 g/mol. The molecule has 0 aliphatic carbocycles. The lowest BCUT2D eigenvalue weighted by Crippen LogP contribution is -2.05. The minimum Gasteiger partial charge on any atom is -0.496 e. The molecule has 0 saturated heterocycles. The predicted molar refractivity (Wildman–Crippen MR) is 78.2 cm³/mol. The molecule has 0 atom stereocenters. The highest BCUT2D eigenvalue weighted by atomic mass is 32.2. The third-order valence-electron chi connectivity index (χ3n) is 2.77. The molecule has 1 rings (SSSR count). The van der Waals surface area contributed by atoms with Gasteiger partial charge in [-0.3, -0.25) is 4.39 Å². The summed E-state index contributed by atoms with van der Waals surface area (Å²) in [6.45, 7) is 0.318. The van der Waals surface area contributed by atoms with Crippen molar-refractivity contribution >= 4 is 11.8 Å². The van der Waals surface area contributed by atoms with E-state index in [1.54, 1.807) is 26.0 Å².